The summed E-state index contributed by atoms with van der Waals surface area (Å²) >= 11 is 0. The minimum Gasteiger partial charge on any atom is -0.370 e. The van der Waals surface area contributed by atoms with Gasteiger partial charge in [-0.25, -0.2) is 4.79 Å². The molecule has 3 N–H and O–H groups in total. The molecule has 0 aromatic heterocycles. The molecular formula is C9H19N3O3. The van der Waals surface area contributed by atoms with Crippen molar-refractivity contribution in [3.8, 4) is 0 Å². The van der Waals surface area contributed by atoms with Gasteiger partial charge in [0.05, 0.1) is 6.61 Å². The molecule has 0 rings (SSSR count). The highest BCUT2D eigenvalue weighted by atomic mass is 16.5. The van der Waals surface area contributed by atoms with Crippen LogP contribution in [0.2, 0.25) is 0 Å². The fourth-order valence-electron chi connectivity index (χ4n) is 1.03. The summed E-state index contributed by atoms with van der Waals surface area (Å²) in [5.41, 5.74) is 4.87. The molecule has 0 aliphatic heterocycles. The highest BCUT2D eigenvalue weighted by Crippen LogP contribution is 1.87. The van der Waals surface area contributed by atoms with E-state index in [2.05, 4.69) is 5.32 Å². The maximum atomic E-state index is 11.4. The smallest absolute Gasteiger partial charge is 0.317 e. The summed E-state index contributed by atoms with van der Waals surface area (Å²) in [6.45, 7) is 5.72. The minimum atomic E-state index is -0.509. The van der Waals surface area contributed by atoms with E-state index in [1.165, 1.54) is 0 Å². The predicted octanol–water partition coefficient (Wildman–Crippen LogP) is -0.460. The number of carbonyl (C=O) groups excluding carboxylic acids is 2. The number of rotatable bonds is 7. The van der Waals surface area contributed by atoms with Gasteiger partial charge in [0.2, 0.25) is 5.91 Å². The summed E-state index contributed by atoms with van der Waals surface area (Å²) in [6.07, 6.45) is 0. The minimum absolute atomic E-state index is 0.110. The molecule has 0 saturated carbocycles. The van der Waals surface area contributed by atoms with Crippen LogP contribution < -0.4 is 11.1 Å². The molecule has 6 heteroatoms. The van der Waals surface area contributed by atoms with Crippen LogP contribution in [0.25, 0.3) is 0 Å². The molecule has 0 aliphatic rings. The Morgan fingerprint density at radius 3 is 2.40 bits per heavy atom. The van der Waals surface area contributed by atoms with Crippen molar-refractivity contribution in [3.63, 3.8) is 0 Å². The van der Waals surface area contributed by atoms with E-state index in [1.807, 2.05) is 13.8 Å². The Labute approximate surface area is 89.7 Å². The Hall–Kier alpha value is -1.30. The first-order valence-corrected chi connectivity index (χ1v) is 5.00. The zero-order chi connectivity index (χ0) is 11.7. The van der Waals surface area contributed by atoms with Crippen molar-refractivity contribution in [1.82, 2.24) is 10.2 Å². The number of nitrogens with zero attached hydrogens (tertiary/aromatic N) is 1. The molecule has 0 unspecified atom stereocenters. The van der Waals surface area contributed by atoms with Gasteiger partial charge in [-0.1, -0.05) is 0 Å². The summed E-state index contributed by atoms with van der Waals surface area (Å²) in [7, 11) is 0. The van der Waals surface area contributed by atoms with Crippen molar-refractivity contribution >= 4 is 11.9 Å². The summed E-state index contributed by atoms with van der Waals surface area (Å²) in [6, 6.07) is -0.123. The first-order chi connectivity index (χ1) is 7.11. The molecule has 0 fully saturated rings. The lowest BCUT2D eigenvalue weighted by molar-refractivity contribution is -0.122. The van der Waals surface area contributed by atoms with Crippen LogP contribution in [0.5, 0.6) is 0 Å². The van der Waals surface area contributed by atoms with Gasteiger partial charge in [-0.2, -0.15) is 0 Å². The van der Waals surface area contributed by atoms with Crippen molar-refractivity contribution < 1.29 is 14.3 Å². The highest BCUT2D eigenvalue weighted by molar-refractivity contribution is 5.75. The summed E-state index contributed by atoms with van der Waals surface area (Å²) in [4.78, 5) is 23.3. The van der Waals surface area contributed by atoms with E-state index < -0.39 is 5.91 Å². The molecule has 0 heterocycles. The summed E-state index contributed by atoms with van der Waals surface area (Å²) in [5.74, 6) is -0.509. The molecule has 0 saturated heterocycles. The molecule has 88 valence electrons. The lowest BCUT2D eigenvalue weighted by Crippen LogP contribution is -2.41. The Kier molecular flexibility index (Phi) is 7.35. The van der Waals surface area contributed by atoms with Crippen molar-refractivity contribution in [2.24, 2.45) is 5.73 Å². The number of hydrogen-bond donors (Lipinski definition) is 2. The summed E-state index contributed by atoms with van der Waals surface area (Å²) in [5, 5.41) is 2.67. The molecule has 0 bridgehead atoms. The number of urea groups is 1. The van der Waals surface area contributed by atoms with Crippen molar-refractivity contribution in [2.45, 2.75) is 13.8 Å². The average molecular weight is 217 g/mol. The number of amides is 3. The Morgan fingerprint density at radius 2 is 1.93 bits per heavy atom. The quantitative estimate of drug-likeness (QED) is 0.566. The van der Waals surface area contributed by atoms with E-state index in [1.54, 1.807) is 4.90 Å². The van der Waals surface area contributed by atoms with Crippen LogP contribution >= 0.6 is 0 Å². The normalized spacial score (nSPS) is 9.73. The van der Waals surface area contributed by atoms with Crippen LogP contribution in [0, 0.1) is 0 Å². The van der Waals surface area contributed by atoms with Gasteiger partial charge in [-0.3, -0.25) is 4.79 Å². The molecule has 0 aromatic carbocycles. The predicted molar refractivity (Wildman–Crippen MR) is 56.3 cm³/mol. The van der Waals surface area contributed by atoms with Crippen LogP contribution in [0.4, 0.5) is 4.79 Å². The van der Waals surface area contributed by atoms with Gasteiger partial charge in [0.1, 0.15) is 6.61 Å². The van der Waals surface area contributed by atoms with Crippen LogP contribution in [0.3, 0.4) is 0 Å². The van der Waals surface area contributed by atoms with Gasteiger partial charge in [0, 0.05) is 19.6 Å². The monoisotopic (exact) mass is 217 g/mol. The van der Waals surface area contributed by atoms with Gasteiger partial charge >= 0.3 is 6.03 Å². The fourth-order valence-corrected chi connectivity index (χ4v) is 1.03. The van der Waals surface area contributed by atoms with E-state index in [0.29, 0.717) is 19.6 Å². The number of ether oxygens (including phenoxy) is 1. The van der Waals surface area contributed by atoms with E-state index in [4.69, 9.17) is 10.5 Å². The van der Waals surface area contributed by atoms with Crippen LogP contribution in [-0.4, -0.2) is 49.7 Å². The maximum Gasteiger partial charge on any atom is 0.317 e. The Balaban J connectivity index is 3.50. The number of nitrogens with one attached hydrogen (secondary N) is 1. The topological polar surface area (TPSA) is 84.7 Å². The number of nitrogens with two attached hydrogens (primary N) is 1. The third-order valence-corrected chi connectivity index (χ3v) is 1.82. The number of hydrogen-bond acceptors (Lipinski definition) is 3. The van der Waals surface area contributed by atoms with E-state index in [9.17, 15) is 9.59 Å². The zero-order valence-electron chi connectivity index (χ0n) is 9.28. The first kappa shape index (κ1) is 13.7. The number of carbonyl (C=O) groups is 2. The van der Waals surface area contributed by atoms with Crippen LogP contribution in [0.15, 0.2) is 0 Å². The second-order valence-corrected chi connectivity index (χ2v) is 2.92. The number of primary amides is 1. The fraction of sp³-hybridized carbons (Fsp3) is 0.778. The molecular weight excluding hydrogens is 198 g/mol. The standard InChI is InChI=1S/C9H19N3O3/c1-3-12(4-2)9(14)11-5-6-15-7-8(10)13/h3-7H2,1-2H3,(H2,10,13)(H,11,14). The lowest BCUT2D eigenvalue weighted by Gasteiger charge is -2.18. The van der Waals surface area contributed by atoms with Gasteiger partial charge in [0.25, 0.3) is 0 Å². The molecule has 15 heavy (non-hydrogen) atoms. The molecule has 0 atom stereocenters. The van der Waals surface area contributed by atoms with Crippen LogP contribution in [-0.2, 0) is 9.53 Å². The van der Waals surface area contributed by atoms with Crippen LogP contribution in [0.1, 0.15) is 13.8 Å². The van der Waals surface area contributed by atoms with Gasteiger partial charge in [-0.15, -0.1) is 0 Å². The van der Waals surface area contributed by atoms with E-state index >= 15 is 0 Å². The molecule has 0 spiro atoms. The van der Waals surface area contributed by atoms with Gasteiger partial charge in [-0.05, 0) is 13.8 Å². The van der Waals surface area contributed by atoms with Gasteiger partial charge in [0.15, 0.2) is 0 Å². The molecule has 3 amide bonds. The molecule has 6 nitrogen and oxygen atoms in total. The molecule has 0 aromatic rings. The SMILES string of the molecule is CCN(CC)C(=O)NCCOCC(N)=O. The zero-order valence-corrected chi connectivity index (χ0v) is 9.28. The largest absolute Gasteiger partial charge is 0.370 e. The molecule has 0 radical (unpaired) electrons. The highest BCUT2D eigenvalue weighted by Gasteiger charge is 2.07. The van der Waals surface area contributed by atoms with Crippen molar-refractivity contribution in [1.29, 1.82) is 0 Å². The maximum absolute atomic E-state index is 11.4. The third kappa shape index (κ3) is 6.73. The third-order valence-electron chi connectivity index (χ3n) is 1.82. The van der Waals surface area contributed by atoms with Crippen molar-refractivity contribution in [3.05, 3.63) is 0 Å². The average Bonchev–Trinajstić information content (AvgIpc) is 2.18. The lowest BCUT2D eigenvalue weighted by atomic mass is 10.5. The Bertz CT molecular complexity index is 205. The van der Waals surface area contributed by atoms with Crippen molar-refractivity contribution in [2.75, 3.05) is 32.8 Å². The molecule has 0 aliphatic carbocycles. The Morgan fingerprint density at radius 1 is 1.33 bits per heavy atom. The summed E-state index contributed by atoms with van der Waals surface area (Å²) < 4.78 is 4.88. The first-order valence-electron chi connectivity index (χ1n) is 5.00. The van der Waals surface area contributed by atoms with E-state index in [-0.39, 0.29) is 19.2 Å². The van der Waals surface area contributed by atoms with E-state index in [0.717, 1.165) is 0 Å². The second-order valence-electron chi connectivity index (χ2n) is 2.92. The van der Waals surface area contributed by atoms with Gasteiger partial charge < -0.3 is 20.7 Å². The second kappa shape index (κ2) is 8.05.